The number of benzene rings is 2. The number of halogens is 2. The molecule has 1 unspecified atom stereocenters. The molecule has 5 rings (SSSR count). The number of rotatable bonds is 7. The fourth-order valence-corrected chi connectivity index (χ4v) is 5.39. The van der Waals surface area contributed by atoms with Gasteiger partial charge in [-0.05, 0) is 37.8 Å². The first-order valence-electron chi connectivity index (χ1n) is 11.5. The third kappa shape index (κ3) is 4.13. The number of amides is 2. The molecular weight excluding hydrogens is 489 g/mol. The van der Waals surface area contributed by atoms with Gasteiger partial charge in [0, 0.05) is 35.3 Å². The van der Waals surface area contributed by atoms with Gasteiger partial charge < -0.3 is 19.9 Å². The summed E-state index contributed by atoms with van der Waals surface area (Å²) in [6.45, 7) is 1.10. The quantitative estimate of drug-likeness (QED) is 0.471. The Bertz CT molecular complexity index is 1430. The molecule has 3 aromatic rings. The Balaban J connectivity index is 1.38. The summed E-state index contributed by atoms with van der Waals surface area (Å²) < 4.78 is 15.7. The molecule has 3 atom stereocenters. The number of hydrogen-bond donors (Lipinski definition) is 2. The van der Waals surface area contributed by atoms with Crippen LogP contribution in [-0.4, -0.2) is 50.2 Å². The molecule has 2 amide bonds. The van der Waals surface area contributed by atoms with Crippen LogP contribution in [0.2, 0.25) is 5.02 Å². The average Bonchev–Trinajstić information content (AvgIpc) is 3.34. The summed E-state index contributed by atoms with van der Waals surface area (Å²) in [7, 11) is 0. The molecule has 2 aromatic carbocycles. The van der Waals surface area contributed by atoms with E-state index in [9.17, 15) is 28.7 Å². The highest BCUT2D eigenvalue weighted by Crippen LogP contribution is 2.48. The number of nitrogens with one attached hydrogen (secondary N) is 1. The fourth-order valence-electron chi connectivity index (χ4n) is 5.20. The third-order valence-electron chi connectivity index (χ3n) is 6.99. The van der Waals surface area contributed by atoms with Gasteiger partial charge >= 0.3 is 5.97 Å². The van der Waals surface area contributed by atoms with Crippen molar-refractivity contribution in [2.75, 3.05) is 0 Å². The molecule has 1 aliphatic heterocycles. The van der Waals surface area contributed by atoms with E-state index < -0.39 is 17.8 Å². The zero-order chi connectivity index (χ0) is 25.7. The number of carboxylic acid groups (broad SMARTS) is 1. The lowest BCUT2D eigenvalue weighted by Gasteiger charge is -2.27. The van der Waals surface area contributed by atoms with Gasteiger partial charge in [-0.1, -0.05) is 35.9 Å². The Kier molecular flexibility index (Phi) is 6.04. The summed E-state index contributed by atoms with van der Waals surface area (Å²) >= 11 is 5.82. The Morgan fingerprint density at radius 2 is 1.86 bits per heavy atom. The van der Waals surface area contributed by atoms with Crippen LogP contribution in [0.25, 0.3) is 10.9 Å². The van der Waals surface area contributed by atoms with Crippen molar-refractivity contribution in [3.8, 4) is 0 Å². The van der Waals surface area contributed by atoms with E-state index >= 15 is 0 Å². The number of aromatic nitrogens is 1. The van der Waals surface area contributed by atoms with Gasteiger partial charge in [0.05, 0.1) is 16.1 Å². The number of carbonyl (C=O) groups excluding carboxylic acids is 3. The molecule has 8 nitrogen and oxygen atoms in total. The van der Waals surface area contributed by atoms with Crippen LogP contribution in [0.4, 0.5) is 4.39 Å². The first kappa shape index (κ1) is 24.0. The lowest BCUT2D eigenvalue weighted by atomic mass is 10.1. The van der Waals surface area contributed by atoms with Crippen molar-refractivity contribution < 1.29 is 28.7 Å². The number of hydrogen-bond acceptors (Lipinski definition) is 4. The van der Waals surface area contributed by atoms with Gasteiger partial charge in [-0.2, -0.15) is 0 Å². The number of Topliss-reactive ketones (excluding diaryl/α,β-unsaturated/α-hetero) is 1. The summed E-state index contributed by atoms with van der Waals surface area (Å²) in [5.41, 5.74) is 0.835. The van der Waals surface area contributed by atoms with E-state index in [-0.39, 0.29) is 64.3 Å². The minimum absolute atomic E-state index is 0.0173. The van der Waals surface area contributed by atoms with Crippen LogP contribution in [0, 0.1) is 11.7 Å². The molecule has 0 bridgehead atoms. The molecule has 0 spiro atoms. The number of piperidine rings is 1. The van der Waals surface area contributed by atoms with Crippen LogP contribution in [0.5, 0.6) is 0 Å². The Morgan fingerprint density at radius 3 is 2.58 bits per heavy atom. The summed E-state index contributed by atoms with van der Waals surface area (Å²) in [6, 6.07) is 8.40. The van der Waals surface area contributed by atoms with Gasteiger partial charge in [0.2, 0.25) is 11.8 Å². The fraction of sp³-hybridized carbons (Fsp3) is 0.308. The highest BCUT2D eigenvalue weighted by molar-refractivity contribution is 6.30. The van der Waals surface area contributed by atoms with E-state index in [2.05, 4.69) is 5.32 Å². The maximum absolute atomic E-state index is 14.2. The standard InChI is InChI=1S/C26H23ClFN3O5/c1-13(32)18-11-30(24-16(18)5-3-6-17(24)26(35)36)12-22(33)31-20-8-15(20)9-21(31)25(34)29-10-14-4-2-7-19(27)23(14)28/h2-7,11,15,20-21H,8-10,12H2,1H3,(H,29,34)(H,35,36)/t15?,20-,21+/m1/s1. The lowest BCUT2D eigenvalue weighted by molar-refractivity contribution is -0.140. The van der Waals surface area contributed by atoms with Crippen molar-refractivity contribution in [3.05, 3.63) is 70.1 Å². The van der Waals surface area contributed by atoms with Gasteiger partial charge in [0.25, 0.3) is 0 Å². The van der Waals surface area contributed by atoms with Crippen LogP contribution in [0.1, 0.15) is 46.0 Å². The number of carbonyl (C=O) groups is 4. The predicted octanol–water partition coefficient (Wildman–Crippen LogP) is 3.64. The maximum Gasteiger partial charge on any atom is 0.337 e. The number of aromatic carboxylic acids is 1. The van der Waals surface area contributed by atoms with Gasteiger partial charge in [0.15, 0.2) is 5.78 Å². The number of likely N-dealkylation sites (tertiary alicyclic amines) is 1. The molecule has 1 saturated heterocycles. The molecule has 10 heteroatoms. The number of fused-ring (bicyclic) bond motifs is 2. The van der Waals surface area contributed by atoms with Crippen molar-refractivity contribution in [1.29, 1.82) is 0 Å². The molecule has 2 N–H and O–H groups in total. The van der Waals surface area contributed by atoms with Gasteiger partial charge in [0.1, 0.15) is 18.4 Å². The van der Waals surface area contributed by atoms with E-state index in [1.165, 1.54) is 35.9 Å². The van der Waals surface area contributed by atoms with Gasteiger partial charge in [-0.25, -0.2) is 9.18 Å². The highest BCUT2D eigenvalue weighted by Gasteiger charge is 2.55. The molecule has 186 valence electrons. The van der Waals surface area contributed by atoms with Crippen LogP contribution in [0.15, 0.2) is 42.6 Å². The molecule has 1 aromatic heterocycles. The Labute approximate surface area is 210 Å². The summed E-state index contributed by atoms with van der Waals surface area (Å²) in [4.78, 5) is 52.0. The van der Waals surface area contributed by atoms with E-state index in [1.54, 1.807) is 23.1 Å². The number of ketones is 1. The van der Waals surface area contributed by atoms with E-state index in [4.69, 9.17) is 11.6 Å². The minimum Gasteiger partial charge on any atom is -0.478 e. The molecule has 2 aliphatic rings. The molecule has 1 aliphatic carbocycles. The summed E-state index contributed by atoms with van der Waals surface area (Å²) in [6.07, 6.45) is 2.80. The van der Waals surface area contributed by atoms with Crippen LogP contribution < -0.4 is 5.32 Å². The SMILES string of the molecule is CC(=O)c1cn(CC(=O)N2[C@@H]3CC3C[C@H]2C(=O)NCc2cccc(Cl)c2F)c2c(C(=O)O)cccc12. The number of carboxylic acids is 1. The van der Waals surface area contributed by atoms with Crippen molar-refractivity contribution >= 4 is 46.1 Å². The first-order chi connectivity index (χ1) is 17.2. The van der Waals surface area contributed by atoms with Gasteiger partial charge in [-0.3, -0.25) is 14.4 Å². The number of nitrogens with zero attached hydrogens (tertiary/aromatic N) is 2. The predicted molar refractivity (Wildman–Crippen MR) is 129 cm³/mol. The Hall–Kier alpha value is -3.72. The van der Waals surface area contributed by atoms with E-state index in [1.807, 2.05) is 0 Å². The van der Waals surface area contributed by atoms with E-state index in [0.717, 1.165) is 6.42 Å². The third-order valence-corrected chi connectivity index (χ3v) is 7.29. The monoisotopic (exact) mass is 511 g/mol. The minimum atomic E-state index is -1.17. The molecule has 2 heterocycles. The van der Waals surface area contributed by atoms with Crippen molar-refractivity contribution in [2.45, 2.75) is 44.9 Å². The zero-order valence-electron chi connectivity index (χ0n) is 19.3. The highest BCUT2D eigenvalue weighted by atomic mass is 35.5. The van der Waals surface area contributed by atoms with Crippen LogP contribution in [0.3, 0.4) is 0 Å². The second-order valence-corrected chi connectivity index (χ2v) is 9.69. The van der Waals surface area contributed by atoms with Crippen LogP contribution >= 0.6 is 11.6 Å². The van der Waals surface area contributed by atoms with Gasteiger partial charge in [-0.15, -0.1) is 0 Å². The average molecular weight is 512 g/mol. The molecule has 2 fully saturated rings. The normalized spacial score (nSPS) is 20.3. The molecule has 0 radical (unpaired) electrons. The summed E-state index contributed by atoms with van der Waals surface area (Å²) in [5.74, 6) is -2.53. The number of para-hydroxylation sites is 1. The van der Waals surface area contributed by atoms with Crippen LogP contribution in [-0.2, 0) is 22.7 Å². The largest absolute Gasteiger partial charge is 0.478 e. The smallest absolute Gasteiger partial charge is 0.337 e. The second-order valence-electron chi connectivity index (χ2n) is 9.28. The summed E-state index contributed by atoms with van der Waals surface area (Å²) in [5, 5.41) is 12.8. The van der Waals surface area contributed by atoms with E-state index in [0.29, 0.717) is 17.4 Å². The molecular formula is C26H23ClFN3O5. The first-order valence-corrected chi connectivity index (χ1v) is 11.9. The topological polar surface area (TPSA) is 109 Å². The molecule has 1 saturated carbocycles. The van der Waals surface area contributed by atoms with Crippen molar-refractivity contribution in [1.82, 2.24) is 14.8 Å². The molecule has 36 heavy (non-hydrogen) atoms. The second kappa shape index (κ2) is 9.05. The lowest BCUT2D eigenvalue weighted by Crippen LogP contribution is -2.48. The maximum atomic E-state index is 14.2. The van der Waals surface area contributed by atoms with Crippen molar-refractivity contribution in [3.63, 3.8) is 0 Å². The Morgan fingerprint density at radius 1 is 1.11 bits per heavy atom. The zero-order valence-corrected chi connectivity index (χ0v) is 20.1. The van der Waals surface area contributed by atoms with Crippen molar-refractivity contribution in [2.24, 2.45) is 5.92 Å².